The van der Waals surface area contributed by atoms with Crippen LogP contribution in [0, 0.1) is 17.7 Å². The third-order valence-corrected chi connectivity index (χ3v) is 4.05. The Morgan fingerprint density at radius 1 is 1.24 bits per heavy atom. The Kier molecular flexibility index (Phi) is 5.11. The van der Waals surface area contributed by atoms with E-state index in [1.807, 2.05) is 0 Å². The van der Waals surface area contributed by atoms with Crippen molar-refractivity contribution in [3.63, 3.8) is 0 Å². The van der Waals surface area contributed by atoms with E-state index in [4.69, 9.17) is 10.5 Å². The molecule has 1 aliphatic heterocycles. The summed E-state index contributed by atoms with van der Waals surface area (Å²) < 4.78 is 18.5. The predicted octanol–water partition coefficient (Wildman–Crippen LogP) is -3.51. The summed E-state index contributed by atoms with van der Waals surface area (Å²) in [6.07, 6.45) is -7.08. The SMILES string of the molecule is NC(=O)c1nc(C#Cc2cccc(F)c2)nn1[C@@H]1O[C@H](C(O)O)C(O)(O)C1(O)O. The predicted molar refractivity (Wildman–Crippen MR) is 87.4 cm³/mol. The average Bonchev–Trinajstić information content (AvgIpc) is 3.10. The van der Waals surface area contributed by atoms with Gasteiger partial charge in [-0.1, -0.05) is 12.0 Å². The van der Waals surface area contributed by atoms with Crippen molar-refractivity contribution in [3.8, 4) is 11.8 Å². The summed E-state index contributed by atoms with van der Waals surface area (Å²) in [7, 11) is 0. The van der Waals surface area contributed by atoms with E-state index in [1.165, 1.54) is 18.2 Å². The highest BCUT2D eigenvalue weighted by Crippen LogP contribution is 2.43. The van der Waals surface area contributed by atoms with Crippen molar-refractivity contribution in [2.45, 2.75) is 30.2 Å². The van der Waals surface area contributed by atoms with Crippen LogP contribution in [0.25, 0.3) is 0 Å². The van der Waals surface area contributed by atoms with E-state index in [1.54, 1.807) is 0 Å². The van der Waals surface area contributed by atoms with E-state index in [-0.39, 0.29) is 11.4 Å². The number of nitrogens with zero attached hydrogens (tertiary/aromatic N) is 3. The molecular formula is C16H15FN4O8. The van der Waals surface area contributed by atoms with Crippen LogP contribution in [0.2, 0.25) is 0 Å². The first kappa shape index (κ1) is 20.8. The molecule has 12 nitrogen and oxygen atoms in total. The fraction of sp³-hybridized carbons (Fsp3) is 0.312. The summed E-state index contributed by atoms with van der Waals surface area (Å²) in [6.45, 7) is 0. The molecule has 1 fully saturated rings. The van der Waals surface area contributed by atoms with Crippen molar-refractivity contribution in [3.05, 3.63) is 47.3 Å². The number of amides is 1. The zero-order valence-corrected chi connectivity index (χ0v) is 14.3. The molecule has 1 aromatic carbocycles. The van der Waals surface area contributed by atoms with E-state index in [0.29, 0.717) is 4.68 Å². The van der Waals surface area contributed by atoms with Gasteiger partial charge in [0, 0.05) is 5.56 Å². The van der Waals surface area contributed by atoms with Gasteiger partial charge in [-0.25, -0.2) is 9.07 Å². The molecule has 0 bridgehead atoms. The molecule has 2 atom stereocenters. The Balaban J connectivity index is 2.03. The Labute approximate surface area is 161 Å². The molecule has 0 spiro atoms. The number of carbonyl (C=O) groups excluding carboxylic acids is 1. The maximum atomic E-state index is 13.2. The maximum Gasteiger partial charge on any atom is 0.286 e. The van der Waals surface area contributed by atoms with Gasteiger partial charge >= 0.3 is 0 Å². The van der Waals surface area contributed by atoms with Crippen LogP contribution in [0.3, 0.4) is 0 Å². The molecule has 1 aliphatic rings. The first-order valence-corrected chi connectivity index (χ1v) is 7.90. The number of halogens is 1. The number of ether oxygens (including phenoxy) is 1. The molecule has 0 saturated carbocycles. The number of hydrogen-bond donors (Lipinski definition) is 7. The van der Waals surface area contributed by atoms with E-state index in [0.717, 1.165) is 6.07 Å². The van der Waals surface area contributed by atoms with Crippen molar-refractivity contribution >= 4 is 5.91 Å². The van der Waals surface area contributed by atoms with Gasteiger partial charge in [-0.15, -0.1) is 5.10 Å². The molecule has 2 aromatic rings. The molecule has 2 heterocycles. The molecule has 1 amide bonds. The molecule has 0 radical (unpaired) electrons. The number of aliphatic hydroxyl groups excluding tert-OH is 1. The average molecular weight is 410 g/mol. The Morgan fingerprint density at radius 2 is 1.93 bits per heavy atom. The smallest absolute Gasteiger partial charge is 0.286 e. The van der Waals surface area contributed by atoms with Crippen molar-refractivity contribution in [1.82, 2.24) is 14.8 Å². The van der Waals surface area contributed by atoms with Crippen LogP contribution in [0.1, 0.15) is 28.2 Å². The highest BCUT2D eigenvalue weighted by Gasteiger charge is 2.69. The standard InChI is InChI=1S/C16H15FN4O8/c17-8-3-1-2-7(6-8)4-5-9-19-12(11(18)22)21(20-9)14-16(27,28)15(25,26)10(29-14)13(23)24/h1-3,6,10,13-14,23-28H,(H2,18,22)/t10-,14-/m1/s1. The minimum Gasteiger partial charge on any atom is -0.366 e. The quantitative estimate of drug-likeness (QED) is 0.196. The van der Waals surface area contributed by atoms with Gasteiger partial charge < -0.3 is 41.1 Å². The molecular weight excluding hydrogens is 395 g/mol. The molecule has 8 N–H and O–H groups in total. The van der Waals surface area contributed by atoms with E-state index in [9.17, 15) is 39.8 Å². The topological polar surface area (TPSA) is 204 Å². The third-order valence-electron chi connectivity index (χ3n) is 4.05. The fourth-order valence-electron chi connectivity index (χ4n) is 2.63. The van der Waals surface area contributed by atoms with Crippen LogP contribution in [0.4, 0.5) is 4.39 Å². The number of rotatable bonds is 3. The van der Waals surface area contributed by atoms with Crippen molar-refractivity contribution in [2.75, 3.05) is 0 Å². The summed E-state index contributed by atoms with van der Waals surface area (Å²) in [6, 6.07) is 5.20. The van der Waals surface area contributed by atoms with Crippen LogP contribution >= 0.6 is 0 Å². The number of primary amides is 1. The largest absolute Gasteiger partial charge is 0.366 e. The van der Waals surface area contributed by atoms with Crippen molar-refractivity contribution < 1.29 is 44.6 Å². The summed E-state index contributed by atoms with van der Waals surface area (Å²) in [5, 5.41) is 62.0. The first-order valence-electron chi connectivity index (χ1n) is 7.90. The van der Waals surface area contributed by atoms with Crippen molar-refractivity contribution in [2.24, 2.45) is 5.73 Å². The summed E-state index contributed by atoms with van der Waals surface area (Å²) in [5.41, 5.74) is 5.41. The van der Waals surface area contributed by atoms with E-state index in [2.05, 4.69) is 21.9 Å². The Bertz CT molecular complexity index is 1010. The normalized spacial score (nSPS) is 22.3. The van der Waals surface area contributed by atoms with Gasteiger partial charge in [0.15, 0.2) is 12.4 Å². The van der Waals surface area contributed by atoms with Gasteiger partial charge in [-0.2, -0.15) is 4.98 Å². The molecule has 0 unspecified atom stereocenters. The molecule has 3 rings (SSSR count). The first-order chi connectivity index (χ1) is 13.4. The molecule has 154 valence electrons. The zero-order valence-electron chi connectivity index (χ0n) is 14.3. The lowest BCUT2D eigenvalue weighted by atomic mass is 10.0. The second-order valence-corrected chi connectivity index (χ2v) is 6.10. The van der Waals surface area contributed by atoms with Crippen LogP contribution < -0.4 is 5.73 Å². The number of hydrogen-bond acceptors (Lipinski definition) is 10. The number of carbonyl (C=O) groups is 1. The van der Waals surface area contributed by atoms with Crippen LogP contribution in [-0.4, -0.2) is 75.3 Å². The molecule has 13 heteroatoms. The molecule has 29 heavy (non-hydrogen) atoms. The van der Waals surface area contributed by atoms with Gasteiger partial charge in [-0.05, 0) is 24.1 Å². The Morgan fingerprint density at radius 3 is 2.48 bits per heavy atom. The summed E-state index contributed by atoms with van der Waals surface area (Å²) >= 11 is 0. The second-order valence-electron chi connectivity index (χ2n) is 6.10. The zero-order chi connectivity index (χ0) is 21.6. The summed E-state index contributed by atoms with van der Waals surface area (Å²) in [4.78, 5) is 15.4. The second kappa shape index (κ2) is 7.13. The van der Waals surface area contributed by atoms with Crippen LogP contribution in [-0.2, 0) is 4.74 Å². The Hall–Kier alpha value is -2.96. The molecule has 1 saturated heterocycles. The van der Waals surface area contributed by atoms with Gasteiger partial charge in [-0.3, -0.25) is 4.79 Å². The minimum atomic E-state index is -3.57. The van der Waals surface area contributed by atoms with Gasteiger partial charge in [0.1, 0.15) is 5.82 Å². The van der Waals surface area contributed by atoms with Crippen LogP contribution in [0.5, 0.6) is 0 Å². The highest BCUT2D eigenvalue weighted by molar-refractivity contribution is 5.89. The fourth-order valence-corrected chi connectivity index (χ4v) is 2.63. The van der Waals surface area contributed by atoms with E-state index >= 15 is 0 Å². The van der Waals surface area contributed by atoms with Gasteiger partial charge in [0.25, 0.3) is 17.5 Å². The highest BCUT2D eigenvalue weighted by atomic mass is 19.1. The summed E-state index contributed by atoms with van der Waals surface area (Å²) in [5.74, 6) is -5.08. The maximum absolute atomic E-state index is 13.2. The lowest BCUT2D eigenvalue weighted by Gasteiger charge is -2.31. The lowest BCUT2D eigenvalue weighted by molar-refractivity contribution is -0.363. The van der Waals surface area contributed by atoms with E-state index < -0.39 is 47.7 Å². The minimum absolute atomic E-state index is 0.242. The molecule has 0 aliphatic carbocycles. The van der Waals surface area contributed by atoms with Crippen LogP contribution in [0.15, 0.2) is 24.3 Å². The van der Waals surface area contributed by atoms with Gasteiger partial charge in [0.2, 0.25) is 17.9 Å². The number of aliphatic hydroxyl groups is 6. The lowest BCUT2D eigenvalue weighted by Crippen LogP contribution is -2.60. The number of nitrogens with two attached hydrogens (primary N) is 1. The monoisotopic (exact) mass is 410 g/mol. The van der Waals surface area contributed by atoms with Crippen molar-refractivity contribution in [1.29, 1.82) is 0 Å². The number of aromatic nitrogens is 3. The third kappa shape index (κ3) is 3.57. The number of benzene rings is 1. The molecule has 1 aromatic heterocycles. The van der Waals surface area contributed by atoms with Gasteiger partial charge in [0.05, 0.1) is 0 Å².